The van der Waals surface area contributed by atoms with Crippen molar-refractivity contribution in [2.75, 3.05) is 0 Å². The van der Waals surface area contributed by atoms with Gasteiger partial charge in [0.25, 0.3) is 0 Å². The molecule has 0 aromatic heterocycles. The van der Waals surface area contributed by atoms with Crippen LogP contribution in [-0.4, -0.2) is 9.79 Å². The second-order valence-electron chi connectivity index (χ2n) is 5.50. The van der Waals surface area contributed by atoms with Crippen LogP contribution in [0.4, 0.5) is 0 Å². The van der Waals surface area contributed by atoms with E-state index >= 15 is 0 Å². The van der Waals surface area contributed by atoms with E-state index in [9.17, 15) is 0 Å². The minimum absolute atomic E-state index is 0.354. The third-order valence-corrected chi connectivity index (χ3v) is 4.71. The van der Waals surface area contributed by atoms with Gasteiger partial charge in [0.2, 0.25) is 0 Å². The van der Waals surface area contributed by atoms with Gasteiger partial charge in [0, 0.05) is 5.41 Å². The highest BCUT2D eigenvalue weighted by Crippen LogP contribution is 2.51. The summed E-state index contributed by atoms with van der Waals surface area (Å²) in [5.74, 6) is 0. The molecule has 20 heavy (non-hydrogen) atoms. The van der Waals surface area contributed by atoms with Crippen LogP contribution in [0.1, 0.15) is 35.1 Å². The fourth-order valence-electron chi connectivity index (χ4n) is 3.92. The van der Waals surface area contributed by atoms with Gasteiger partial charge in [-0.3, -0.25) is 0 Å². The van der Waals surface area contributed by atoms with Crippen LogP contribution < -0.4 is 0 Å². The van der Waals surface area contributed by atoms with Crippen molar-refractivity contribution in [3.63, 3.8) is 0 Å². The van der Waals surface area contributed by atoms with Crippen molar-refractivity contribution in [2.45, 2.75) is 31.1 Å². The predicted molar refractivity (Wildman–Crippen MR) is 83.1 cm³/mol. The largest absolute Gasteiger partial charge is 0.352 e. The van der Waals surface area contributed by atoms with Crippen molar-refractivity contribution < 1.29 is 9.79 Å². The fourth-order valence-corrected chi connectivity index (χ4v) is 3.92. The average molecular weight is 286 g/mol. The Balaban J connectivity index is 0.000000373. The molecular formula is C17H19O2P. The minimum Gasteiger partial charge on any atom is -0.352 e. The fraction of sp³-hybridized carbons (Fsp3) is 0.294. The van der Waals surface area contributed by atoms with E-state index < -0.39 is 9.03 Å². The quantitative estimate of drug-likeness (QED) is 0.729. The maximum absolute atomic E-state index is 7.15. The SMILES string of the molecule is OPO.c1ccc2c(c1)CCC21CCc2ccccc21. The van der Waals surface area contributed by atoms with E-state index in [-0.39, 0.29) is 0 Å². The summed E-state index contributed by atoms with van der Waals surface area (Å²) in [6.07, 6.45) is 5.13. The number of fused-ring (bicyclic) bond motifs is 4. The van der Waals surface area contributed by atoms with Crippen LogP contribution >= 0.6 is 9.03 Å². The number of hydrogen-bond acceptors (Lipinski definition) is 2. The van der Waals surface area contributed by atoms with Crippen LogP contribution in [0.15, 0.2) is 48.5 Å². The molecule has 2 aliphatic rings. The lowest BCUT2D eigenvalue weighted by Crippen LogP contribution is -2.20. The van der Waals surface area contributed by atoms with Crippen LogP contribution in [0.25, 0.3) is 0 Å². The minimum atomic E-state index is -0.917. The van der Waals surface area contributed by atoms with Crippen molar-refractivity contribution in [1.82, 2.24) is 0 Å². The predicted octanol–water partition coefficient (Wildman–Crippen LogP) is 3.34. The molecule has 0 bridgehead atoms. The third kappa shape index (κ3) is 2.09. The Morgan fingerprint density at radius 2 is 1.15 bits per heavy atom. The van der Waals surface area contributed by atoms with Crippen LogP contribution in [0.2, 0.25) is 0 Å². The van der Waals surface area contributed by atoms with Gasteiger partial charge in [-0.1, -0.05) is 48.5 Å². The summed E-state index contributed by atoms with van der Waals surface area (Å²) in [6, 6.07) is 18.1. The van der Waals surface area contributed by atoms with Gasteiger partial charge in [-0.05, 0) is 47.9 Å². The lowest BCUT2D eigenvalue weighted by Gasteiger charge is -2.26. The monoisotopic (exact) mass is 286 g/mol. The molecule has 2 aromatic rings. The normalized spacial score (nSPS) is 17.3. The molecule has 104 valence electrons. The highest BCUT2D eigenvalue weighted by molar-refractivity contribution is 7.23. The molecule has 0 aliphatic heterocycles. The molecule has 0 fully saturated rings. The molecule has 0 heterocycles. The third-order valence-electron chi connectivity index (χ3n) is 4.71. The van der Waals surface area contributed by atoms with Crippen molar-refractivity contribution in [2.24, 2.45) is 0 Å². The first-order valence-corrected chi connectivity index (χ1v) is 7.91. The van der Waals surface area contributed by atoms with Crippen LogP contribution in [0.5, 0.6) is 0 Å². The molecule has 2 nitrogen and oxygen atoms in total. The lowest BCUT2D eigenvalue weighted by molar-refractivity contribution is 0.507. The molecule has 3 heteroatoms. The Labute approximate surface area is 121 Å². The molecule has 2 aliphatic carbocycles. The zero-order chi connectivity index (χ0) is 14.0. The second kappa shape index (κ2) is 5.65. The molecule has 1 spiro atoms. The first kappa shape index (κ1) is 13.8. The van der Waals surface area contributed by atoms with Gasteiger partial charge >= 0.3 is 0 Å². The van der Waals surface area contributed by atoms with Gasteiger partial charge < -0.3 is 9.79 Å². The molecule has 2 N–H and O–H groups in total. The summed E-state index contributed by atoms with van der Waals surface area (Å²) < 4.78 is 0. The first-order chi connectivity index (χ1) is 9.81. The smallest absolute Gasteiger partial charge is 0.149 e. The molecule has 4 rings (SSSR count). The van der Waals surface area contributed by atoms with E-state index in [1.54, 1.807) is 22.3 Å². The van der Waals surface area contributed by atoms with Crippen molar-refractivity contribution >= 4 is 9.03 Å². The Morgan fingerprint density at radius 3 is 1.60 bits per heavy atom. The van der Waals surface area contributed by atoms with E-state index in [4.69, 9.17) is 9.79 Å². The van der Waals surface area contributed by atoms with Gasteiger partial charge in [-0.2, -0.15) is 0 Å². The molecule has 0 unspecified atom stereocenters. The molecule has 0 saturated heterocycles. The lowest BCUT2D eigenvalue weighted by atomic mass is 9.77. The summed E-state index contributed by atoms with van der Waals surface area (Å²) in [5.41, 5.74) is 6.70. The summed E-state index contributed by atoms with van der Waals surface area (Å²) in [6.45, 7) is 0. The molecule has 0 amide bonds. The van der Waals surface area contributed by atoms with Gasteiger partial charge in [-0.25, -0.2) is 0 Å². The zero-order valence-electron chi connectivity index (χ0n) is 11.3. The Kier molecular flexibility index (Phi) is 3.89. The standard InChI is InChI=1S/C17H16.H3O2P/c1-3-7-15-13(5-1)9-11-17(15)12-10-14-6-2-4-8-16(14)17;1-3-2/h1-8H,9-12H2;1-3H. The maximum Gasteiger partial charge on any atom is 0.149 e. The van der Waals surface area contributed by atoms with Crippen LogP contribution in [0, 0.1) is 0 Å². The Hall–Kier alpha value is -1.21. The molecule has 0 saturated carbocycles. The van der Waals surface area contributed by atoms with E-state index in [0.717, 1.165) is 0 Å². The van der Waals surface area contributed by atoms with E-state index in [1.165, 1.54) is 25.7 Å². The summed E-state index contributed by atoms with van der Waals surface area (Å²) in [4.78, 5) is 14.3. The van der Waals surface area contributed by atoms with E-state index in [1.807, 2.05) is 0 Å². The summed E-state index contributed by atoms with van der Waals surface area (Å²) in [7, 11) is -0.917. The number of benzene rings is 2. The van der Waals surface area contributed by atoms with Crippen LogP contribution in [-0.2, 0) is 18.3 Å². The van der Waals surface area contributed by atoms with Crippen molar-refractivity contribution in [3.8, 4) is 0 Å². The zero-order valence-corrected chi connectivity index (χ0v) is 12.3. The first-order valence-electron chi connectivity index (χ1n) is 7.02. The van der Waals surface area contributed by atoms with Crippen LogP contribution in [0.3, 0.4) is 0 Å². The van der Waals surface area contributed by atoms with E-state index in [2.05, 4.69) is 48.5 Å². The second-order valence-corrected chi connectivity index (χ2v) is 5.70. The number of aryl methyl sites for hydroxylation is 2. The molecule has 0 atom stereocenters. The molecular weight excluding hydrogens is 267 g/mol. The topological polar surface area (TPSA) is 40.5 Å². The van der Waals surface area contributed by atoms with E-state index in [0.29, 0.717) is 5.41 Å². The van der Waals surface area contributed by atoms with Crippen molar-refractivity contribution in [1.29, 1.82) is 0 Å². The summed E-state index contributed by atoms with van der Waals surface area (Å²) in [5, 5.41) is 0. The van der Waals surface area contributed by atoms with Crippen molar-refractivity contribution in [3.05, 3.63) is 70.8 Å². The number of rotatable bonds is 0. The van der Waals surface area contributed by atoms with Gasteiger partial charge in [0.05, 0.1) is 0 Å². The average Bonchev–Trinajstić information content (AvgIpc) is 3.05. The summed E-state index contributed by atoms with van der Waals surface area (Å²) >= 11 is 0. The molecule has 0 radical (unpaired) electrons. The van der Waals surface area contributed by atoms with Gasteiger partial charge in [0.1, 0.15) is 9.03 Å². The molecule has 2 aromatic carbocycles. The highest BCUT2D eigenvalue weighted by Gasteiger charge is 2.43. The van der Waals surface area contributed by atoms with Gasteiger partial charge in [0.15, 0.2) is 0 Å². The highest BCUT2D eigenvalue weighted by atomic mass is 31.1. The Morgan fingerprint density at radius 1 is 0.750 bits per heavy atom. The maximum atomic E-state index is 7.15. The number of hydrogen-bond donors (Lipinski definition) is 2. The Bertz CT molecular complexity index is 556. The van der Waals surface area contributed by atoms with Gasteiger partial charge in [-0.15, -0.1) is 0 Å².